The number of ether oxygens (including phenoxy) is 1. The Morgan fingerprint density at radius 1 is 1.30 bits per heavy atom. The van der Waals surface area contributed by atoms with Crippen molar-refractivity contribution >= 4 is 5.91 Å². The molecule has 1 aromatic rings. The van der Waals surface area contributed by atoms with Crippen LogP contribution in [-0.4, -0.2) is 31.1 Å². The van der Waals surface area contributed by atoms with Gasteiger partial charge >= 0.3 is 0 Å². The molecule has 0 saturated carbocycles. The molecule has 1 amide bonds. The number of hydrazine groups is 1. The van der Waals surface area contributed by atoms with Gasteiger partial charge in [0.05, 0.1) is 6.54 Å². The molecule has 128 valence electrons. The zero-order chi connectivity index (χ0) is 16.7. The summed E-state index contributed by atoms with van der Waals surface area (Å²) in [6, 6.07) is 8.38. The van der Waals surface area contributed by atoms with Gasteiger partial charge in [0.15, 0.2) is 0 Å². The van der Waals surface area contributed by atoms with E-state index in [1.807, 2.05) is 12.1 Å². The molecule has 1 saturated heterocycles. The van der Waals surface area contributed by atoms with Crippen LogP contribution in [-0.2, 0) is 4.79 Å². The summed E-state index contributed by atoms with van der Waals surface area (Å²) in [6.45, 7) is 7.48. The molecule has 0 bridgehead atoms. The van der Waals surface area contributed by atoms with E-state index >= 15 is 0 Å². The molecule has 1 aromatic carbocycles. The van der Waals surface area contributed by atoms with Crippen LogP contribution in [0.25, 0.3) is 0 Å². The third-order valence-electron chi connectivity index (χ3n) is 4.15. The van der Waals surface area contributed by atoms with E-state index < -0.39 is 0 Å². The first-order chi connectivity index (χ1) is 11.1. The lowest BCUT2D eigenvalue weighted by molar-refractivity contribution is -0.123. The zero-order valence-electron chi connectivity index (χ0n) is 14.4. The lowest BCUT2D eigenvalue weighted by Crippen LogP contribution is -2.44. The lowest BCUT2D eigenvalue weighted by Gasteiger charge is -2.12. The second kappa shape index (κ2) is 8.89. The fourth-order valence-corrected chi connectivity index (χ4v) is 2.75. The van der Waals surface area contributed by atoms with Gasteiger partial charge in [-0.3, -0.25) is 10.2 Å². The van der Waals surface area contributed by atoms with Gasteiger partial charge in [0.1, 0.15) is 18.4 Å². The zero-order valence-corrected chi connectivity index (χ0v) is 14.4. The average molecular weight is 319 g/mol. The van der Waals surface area contributed by atoms with Crippen molar-refractivity contribution in [2.75, 3.05) is 13.2 Å². The third-order valence-corrected chi connectivity index (χ3v) is 4.15. The summed E-state index contributed by atoms with van der Waals surface area (Å²) < 4.78 is 5.66. The normalized spacial score (nSPS) is 20.7. The topological polar surface area (TPSA) is 62.4 Å². The van der Waals surface area contributed by atoms with Gasteiger partial charge < -0.3 is 10.1 Å². The second-order valence-corrected chi connectivity index (χ2v) is 6.43. The molecule has 5 nitrogen and oxygen atoms in total. The Kier molecular flexibility index (Phi) is 6.86. The molecule has 0 spiro atoms. The number of carbonyl (C=O) groups is 1. The van der Waals surface area contributed by atoms with E-state index in [1.165, 1.54) is 5.56 Å². The summed E-state index contributed by atoms with van der Waals surface area (Å²) in [5.41, 5.74) is 7.54. The summed E-state index contributed by atoms with van der Waals surface area (Å²) >= 11 is 0. The van der Waals surface area contributed by atoms with E-state index in [4.69, 9.17) is 4.74 Å². The van der Waals surface area contributed by atoms with Crippen molar-refractivity contribution < 1.29 is 9.53 Å². The summed E-state index contributed by atoms with van der Waals surface area (Å²) in [4.78, 5) is 12.1. The molecule has 2 atom stereocenters. The van der Waals surface area contributed by atoms with Gasteiger partial charge in [0, 0.05) is 6.04 Å². The van der Waals surface area contributed by atoms with E-state index in [0.29, 0.717) is 25.1 Å². The van der Waals surface area contributed by atoms with E-state index in [2.05, 4.69) is 49.1 Å². The van der Waals surface area contributed by atoms with E-state index in [1.54, 1.807) is 0 Å². The highest BCUT2D eigenvalue weighted by Gasteiger charge is 2.28. The van der Waals surface area contributed by atoms with Crippen LogP contribution in [0.5, 0.6) is 5.75 Å². The van der Waals surface area contributed by atoms with Gasteiger partial charge in [0.25, 0.3) is 0 Å². The Bertz CT molecular complexity index is 488. The fourth-order valence-electron chi connectivity index (χ4n) is 2.75. The SMILES string of the molecule is CCCC1CC(C(=O)NCCOc2ccc(C(C)C)cc2)NN1. The Balaban J connectivity index is 1.64. The van der Waals surface area contributed by atoms with Crippen LogP contribution in [0.2, 0.25) is 0 Å². The molecule has 2 rings (SSSR count). The van der Waals surface area contributed by atoms with Crippen molar-refractivity contribution in [1.82, 2.24) is 16.2 Å². The average Bonchev–Trinajstić information content (AvgIpc) is 3.01. The van der Waals surface area contributed by atoms with Crippen molar-refractivity contribution in [3.05, 3.63) is 29.8 Å². The van der Waals surface area contributed by atoms with Gasteiger partial charge in [-0.1, -0.05) is 39.3 Å². The first-order valence-electron chi connectivity index (χ1n) is 8.61. The monoisotopic (exact) mass is 319 g/mol. The summed E-state index contributed by atoms with van der Waals surface area (Å²) in [6.07, 6.45) is 3.06. The van der Waals surface area contributed by atoms with Crippen LogP contribution in [0, 0.1) is 0 Å². The highest BCUT2D eigenvalue weighted by Crippen LogP contribution is 2.18. The third kappa shape index (κ3) is 5.52. The van der Waals surface area contributed by atoms with Crippen molar-refractivity contribution in [3.8, 4) is 5.75 Å². The van der Waals surface area contributed by atoms with E-state index in [9.17, 15) is 4.79 Å². The molecule has 3 N–H and O–H groups in total. The number of rotatable bonds is 8. The van der Waals surface area contributed by atoms with Crippen LogP contribution >= 0.6 is 0 Å². The highest BCUT2D eigenvalue weighted by atomic mass is 16.5. The molecular formula is C18H29N3O2. The lowest BCUT2D eigenvalue weighted by atomic mass is 10.0. The van der Waals surface area contributed by atoms with E-state index in [-0.39, 0.29) is 11.9 Å². The van der Waals surface area contributed by atoms with Crippen LogP contribution in [0.1, 0.15) is 51.5 Å². The molecule has 1 heterocycles. The Hall–Kier alpha value is -1.59. The maximum Gasteiger partial charge on any atom is 0.238 e. The minimum Gasteiger partial charge on any atom is -0.492 e. The predicted molar refractivity (Wildman–Crippen MR) is 92.4 cm³/mol. The maximum atomic E-state index is 12.1. The van der Waals surface area contributed by atoms with Crippen molar-refractivity contribution in [3.63, 3.8) is 0 Å². The van der Waals surface area contributed by atoms with Crippen molar-refractivity contribution in [1.29, 1.82) is 0 Å². The Morgan fingerprint density at radius 2 is 2.04 bits per heavy atom. The number of carbonyl (C=O) groups excluding carboxylic acids is 1. The number of nitrogens with one attached hydrogen (secondary N) is 3. The van der Waals surface area contributed by atoms with Crippen LogP contribution in [0.3, 0.4) is 0 Å². The van der Waals surface area contributed by atoms with Gasteiger partial charge in [0.2, 0.25) is 5.91 Å². The van der Waals surface area contributed by atoms with Crippen molar-refractivity contribution in [2.24, 2.45) is 0 Å². The molecule has 1 aliphatic rings. The Labute approximate surface area is 139 Å². The van der Waals surface area contributed by atoms with Crippen LogP contribution in [0.15, 0.2) is 24.3 Å². The minimum atomic E-state index is -0.142. The van der Waals surface area contributed by atoms with Crippen molar-refractivity contribution in [2.45, 2.75) is 58.0 Å². The maximum absolute atomic E-state index is 12.1. The minimum absolute atomic E-state index is 0.0369. The summed E-state index contributed by atoms with van der Waals surface area (Å²) in [5.74, 6) is 1.40. The van der Waals surface area contributed by atoms with Gasteiger partial charge in [-0.15, -0.1) is 0 Å². The summed E-state index contributed by atoms with van der Waals surface area (Å²) in [7, 11) is 0. The molecule has 23 heavy (non-hydrogen) atoms. The number of benzene rings is 1. The number of hydrogen-bond acceptors (Lipinski definition) is 4. The molecule has 0 radical (unpaired) electrons. The van der Waals surface area contributed by atoms with Crippen LogP contribution < -0.4 is 20.9 Å². The molecule has 0 aliphatic carbocycles. The van der Waals surface area contributed by atoms with Crippen LogP contribution in [0.4, 0.5) is 0 Å². The molecule has 0 aromatic heterocycles. The van der Waals surface area contributed by atoms with Gasteiger partial charge in [-0.05, 0) is 36.5 Å². The first kappa shape index (κ1) is 17.8. The van der Waals surface area contributed by atoms with E-state index in [0.717, 1.165) is 25.0 Å². The number of hydrogen-bond donors (Lipinski definition) is 3. The van der Waals surface area contributed by atoms with Gasteiger partial charge in [-0.25, -0.2) is 5.43 Å². The second-order valence-electron chi connectivity index (χ2n) is 6.43. The fraction of sp³-hybridized carbons (Fsp3) is 0.611. The quantitative estimate of drug-likeness (QED) is 0.644. The Morgan fingerprint density at radius 3 is 2.70 bits per heavy atom. The first-order valence-corrected chi connectivity index (χ1v) is 8.61. The number of amides is 1. The predicted octanol–water partition coefficient (Wildman–Crippen LogP) is 2.34. The smallest absolute Gasteiger partial charge is 0.238 e. The summed E-state index contributed by atoms with van der Waals surface area (Å²) in [5, 5.41) is 2.92. The standard InChI is InChI=1S/C18H29N3O2/c1-4-5-15-12-17(21-20-15)18(22)19-10-11-23-16-8-6-14(7-9-16)13(2)3/h6-9,13,15,17,20-21H,4-5,10-12H2,1-3H3,(H,19,22). The molecule has 1 aliphatic heterocycles. The highest BCUT2D eigenvalue weighted by molar-refractivity contribution is 5.82. The molecular weight excluding hydrogens is 290 g/mol. The van der Waals surface area contributed by atoms with Gasteiger partial charge in [-0.2, -0.15) is 0 Å². The molecule has 2 unspecified atom stereocenters. The molecule has 5 heteroatoms. The molecule has 1 fully saturated rings. The largest absolute Gasteiger partial charge is 0.492 e.